The standard InChI is InChI=1S/C15H23N3O3/c1-4-21-15(20)18-7-5-17(6-8-18)14(19)10-13-9-11(2)16-12(13)3/h9,16H,4-8,10H2,1-3H3. The van der Waals surface area contributed by atoms with Crippen molar-refractivity contribution in [3.8, 4) is 0 Å². The Labute approximate surface area is 125 Å². The van der Waals surface area contributed by atoms with Gasteiger partial charge < -0.3 is 19.5 Å². The molecule has 6 nitrogen and oxygen atoms in total. The Kier molecular flexibility index (Phi) is 4.88. The fraction of sp³-hybridized carbons (Fsp3) is 0.600. The van der Waals surface area contributed by atoms with E-state index in [-0.39, 0.29) is 12.0 Å². The van der Waals surface area contributed by atoms with Gasteiger partial charge in [-0.15, -0.1) is 0 Å². The summed E-state index contributed by atoms with van der Waals surface area (Å²) >= 11 is 0. The highest BCUT2D eigenvalue weighted by Gasteiger charge is 2.25. The molecule has 116 valence electrons. The second-order valence-electron chi connectivity index (χ2n) is 5.35. The number of aromatic amines is 1. The third-order valence-electron chi connectivity index (χ3n) is 3.76. The van der Waals surface area contributed by atoms with Crippen LogP contribution in [0.4, 0.5) is 4.79 Å². The molecule has 1 N–H and O–H groups in total. The summed E-state index contributed by atoms with van der Waals surface area (Å²) < 4.78 is 4.97. The first kappa shape index (κ1) is 15.4. The topological polar surface area (TPSA) is 65.6 Å². The van der Waals surface area contributed by atoms with Crippen molar-refractivity contribution in [2.24, 2.45) is 0 Å². The maximum Gasteiger partial charge on any atom is 0.409 e. The Morgan fingerprint density at radius 2 is 1.81 bits per heavy atom. The zero-order valence-corrected chi connectivity index (χ0v) is 12.9. The molecular formula is C15H23N3O3. The molecule has 0 aliphatic carbocycles. The second kappa shape index (κ2) is 6.65. The SMILES string of the molecule is CCOC(=O)N1CCN(C(=O)Cc2cc(C)[nH]c2C)CC1. The van der Waals surface area contributed by atoms with Gasteiger partial charge in [-0.3, -0.25) is 4.79 Å². The molecule has 2 heterocycles. The fourth-order valence-electron chi connectivity index (χ4n) is 2.59. The van der Waals surface area contributed by atoms with Gasteiger partial charge in [-0.1, -0.05) is 0 Å². The van der Waals surface area contributed by atoms with Crippen molar-refractivity contribution < 1.29 is 14.3 Å². The Morgan fingerprint density at radius 3 is 2.33 bits per heavy atom. The second-order valence-corrected chi connectivity index (χ2v) is 5.35. The fourth-order valence-corrected chi connectivity index (χ4v) is 2.59. The molecule has 0 aromatic carbocycles. The van der Waals surface area contributed by atoms with E-state index in [9.17, 15) is 9.59 Å². The number of aryl methyl sites for hydroxylation is 2. The number of hydrogen-bond acceptors (Lipinski definition) is 3. The molecule has 1 aliphatic rings. The van der Waals surface area contributed by atoms with Gasteiger partial charge in [-0.25, -0.2) is 4.79 Å². The summed E-state index contributed by atoms with van der Waals surface area (Å²) in [6.45, 7) is 8.35. The summed E-state index contributed by atoms with van der Waals surface area (Å²) in [6, 6.07) is 2.02. The third-order valence-corrected chi connectivity index (χ3v) is 3.76. The number of carbonyl (C=O) groups is 2. The molecule has 0 radical (unpaired) electrons. The van der Waals surface area contributed by atoms with Crippen LogP contribution < -0.4 is 0 Å². The number of carbonyl (C=O) groups excluding carboxylic acids is 2. The summed E-state index contributed by atoms with van der Waals surface area (Å²) in [7, 11) is 0. The van der Waals surface area contributed by atoms with E-state index < -0.39 is 0 Å². The normalized spacial score (nSPS) is 15.2. The molecule has 0 spiro atoms. The Balaban J connectivity index is 1.86. The average Bonchev–Trinajstić information content (AvgIpc) is 2.77. The van der Waals surface area contributed by atoms with Crippen molar-refractivity contribution in [3.63, 3.8) is 0 Å². The Bertz CT molecular complexity index is 516. The largest absolute Gasteiger partial charge is 0.450 e. The maximum absolute atomic E-state index is 12.3. The summed E-state index contributed by atoms with van der Waals surface area (Å²) in [4.78, 5) is 30.6. The molecule has 0 atom stereocenters. The minimum absolute atomic E-state index is 0.112. The summed E-state index contributed by atoms with van der Waals surface area (Å²) in [6.07, 6.45) is 0.122. The number of rotatable bonds is 3. The monoisotopic (exact) mass is 293 g/mol. The van der Waals surface area contributed by atoms with E-state index in [1.54, 1.807) is 11.8 Å². The first-order valence-corrected chi connectivity index (χ1v) is 7.35. The average molecular weight is 293 g/mol. The predicted molar refractivity (Wildman–Crippen MR) is 79.1 cm³/mol. The lowest BCUT2D eigenvalue weighted by Crippen LogP contribution is -2.51. The zero-order chi connectivity index (χ0) is 15.4. The van der Waals surface area contributed by atoms with Crippen molar-refractivity contribution in [3.05, 3.63) is 23.0 Å². The lowest BCUT2D eigenvalue weighted by molar-refractivity contribution is -0.132. The van der Waals surface area contributed by atoms with E-state index in [1.807, 2.05) is 24.8 Å². The van der Waals surface area contributed by atoms with Gasteiger partial charge in [0, 0.05) is 37.6 Å². The molecule has 2 rings (SSSR count). The van der Waals surface area contributed by atoms with Gasteiger partial charge >= 0.3 is 6.09 Å². The smallest absolute Gasteiger partial charge is 0.409 e. The first-order valence-electron chi connectivity index (χ1n) is 7.35. The van der Waals surface area contributed by atoms with E-state index in [0.29, 0.717) is 39.2 Å². The first-order chi connectivity index (χ1) is 10.0. The van der Waals surface area contributed by atoms with Crippen molar-refractivity contribution in [1.29, 1.82) is 0 Å². The molecule has 2 amide bonds. The van der Waals surface area contributed by atoms with Gasteiger partial charge in [-0.2, -0.15) is 0 Å². The van der Waals surface area contributed by atoms with Crippen LogP contribution in [0.25, 0.3) is 0 Å². The highest BCUT2D eigenvalue weighted by Crippen LogP contribution is 2.12. The number of amides is 2. The molecule has 1 aromatic heterocycles. The lowest BCUT2D eigenvalue weighted by atomic mass is 10.1. The quantitative estimate of drug-likeness (QED) is 0.918. The molecule has 0 unspecified atom stereocenters. The van der Waals surface area contributed by atoms with Gasteiger partial charge in [0.25, 0.3) is 0 Å². The van der Waals surface area contributed by atoms with Gasteiger partial charge in [0.05, 0.1) is 13.0 Å². The number of aromatic nitrogens is 1. The van der Waals surface area contributed by atoms with Crippen LogP contribution in [0.1, 0.15) is 23.9 Å². The number of hydrogen-bond donors (Lipinski definition) is 1. The highest BCUT2D eigenvalue weighted by molar-refractivity contribution is 5.79. The molecule has 1 saturated heterocycles. The predicted octanol–water partition coefficient (Wildman–Crippen LogP) is 1.47. The van der Waals surface area contributed by atoms with Gasteiger partial charge in [0.2, 0.25) is 5.91 Å². The molecule has 0 bridgehead atoms. The molecular weight excluding hydrogens is 270 g/mol. The Hall–Kier alpha value is -1.98. The van der Waals surface area contributed by atoms with Crippen molar-refractivity contribution >= 4 is 12.0 Å². The third kappa shape index (κ3) is 3.77. The molecule has 21 heavy (non-hydrogen) atoms. The van der Waals surface area contributed by atoms with Crippen molar-refractivity contribution in [1.82, 2.24) is 14.8 Å². The molecule has 1 aliphatic heterocycles. The molecule has 6 heteroatoms. The summed E-state index contributed by atoms with van der Waals surface area (Å²) in [5.74, 6) is 0.112. The van der Waals surface area contributed by atoms with Gasteiger partial charge in [-0.05, 0) is 32.4 Å². The maximum atomic E-state index is 12.3. The Morgan fingerprint density at radius 1 is 1.19 bits per heavy atom. The molecule has 0 saturated carbocycles. The summed E-state index contributed by atoms with van der Waals surface area (Å²) in [5.41, 5.74) is 3.17. The molecule has 1 fully saturated rings. The van der Waals surface area contributed by atoms with Crippen LogP contribution in [0.5, 0.6) is 0 Å². The number of piperazine rings is 1. The number of H-pyrrole nitrogens is 1. The summed E-state index contributed by atoms with van der Waals surface area (Å²) in [5, 5.41) is 0. The zero-order valence-electron chi connectivity index (χ0n) is 12.9. The lowest BCUT2D eigenvalue weighted by Gasteiger charge is -2.34. The van der Waals surface area contributed by atoms with Crippen LogP contribution in [0.2, 0.25) is 0 Å². The number of nitrogens with zero attached hydrogens (tertiary/aromatic N) is 2. The van der Waals surface area contributed by atoms with Crippen LogP contribution in [0.15, 0.2) is 6.07 Å². The van der Waals surface area contributed by atoms with Crippen LogP contribution in [-0.4, -0.2) is 59.6 Å². The van der Waals surface area contributed by atoms with Gasteiger partial charge in [0.15, 0.2) is 0 Å². The van der Waals surface area contributed by atoms with Gasteiger partial charge in [0.1, 0.15) is 0 Å². The van der Waals surface area contributed by atoms with Crippen LogP contribution in [-0.2, 0) is 16.0 Å². The number of nitrogens with one attached hydrogen (secondary N) is 1. The van der Waals surface area contributed by atoms with Crippen LogP contribution in [0.3, 0.4) is 0 Å². The molecule has 1 aromatic rings. The van der Waals surface area contributed by atoms with Crippen molar-refractivity contribution in [2.45, 2.75) is 27.2 Å². The number of ether oxygens (including phenoxy) is 1. The van der Waals surface area contributed by atoms with Crippen LogP contribution >= 0.6 is 0 Å². The van der Waals surface area contributed by atoms with Crippen molar-refractivity contribution in [2.75, 3.05) is 32.8 Å². The van der Waals surface area contributed by atoms with E-state index in [4.69, 9.17) is 4.74 Å². The van der Waals surface area contributed by atoms with E-state index in [1.165, 1.54) is 0 Å². The van der Waals surface area contributed by atoms with E-state index >= 15 is 0 Å². The minimum Gasteiger partial charge on any atom is -0.450 e. The highest BCUT2D eigenvalue weighted by atomic mass is 16.6. The minimum atomic E-state index is -0.290. The van der Waals surface area contributed by atoms with Crippen LogP contribution in [0, 0.1) is 13.8 Å². The van der Waals surface area contributed by atoms with E-state index in [2.05, 4.69) is 4.98 Å². The van der Waals surface area contributed by atoms with E-state index in [0.717, 1.165) is 17.0 Å².